The highest BCUT2D eigenvalue weighted by Gasteiger charge is 2.38. The van der Waals surface area contributed by atoms with Crippen LogP contribution in [-0.4, -0.2) is 53.5 Å². The summed E-state index contributed by atoms with van der Waals surface area (Å²) in [4.78, 5) is 20.4. The van der Waals surface area contributed by atoms with Crippen LogP contribution in [0.2, 0.25) is 0 Å². The van der Waals surface area contributed by atoms with Gasteiger partial charge in [-0.3, -0.25) is 0 Å². The molecule has 0 spiro atoms. The third kappa shape index (κ3) is 7.67. The third-order valence-electron chi connectivity index (χ3n) is 5.34. The number of pyridine rings is 1. The fraction of sp³-hybridized carbons (Fsp3) is 0.192. The lowest BCUT2D eigenvalue weighted by molar-refractivity contribution is -0.192. The lowest BCUT2D eigenvalue weighted by atomic mass is 10.2. The van der Waals surface area contributed by atoms with Crippen LogP contribution in [0.4, 0.5) is 41.2 Å². The number of nitrogens with one attached hydrogen (secondary N) is 2. The summed E-state index contributed by atoms with van der Waals surface area (Å²) in [7, 11) is 0. The number of carboxylic acid groups (broad SMARTS) is 1. The van der Waals surface area contributed by atoms with Gasteiger partial charge in [-0.25, -0.2) is 14.8 Å². The van der Waals surface area contributed by atoms with Crippen molar-refractivity contribution >= 4 is 45.3 Å². The minimum absolute atomic E-state index is 0.781. The van der Waals surface area contributed by atoms with Crippen LogP contribution < -0.4 is 15.5 Å². The topological polar surface area (TPSA) is 99.6 Å². The summed E-state index contributed by atoms with van der Waals surface area (Å²) in [6.07, 6.45) is -3.29. The van der Waals surface area contributed by atoms with Gasteiger partial charge in [-0.15, -0.1) is 11.3 Å². The molecule has 0 atom stereocenters. The SMILES string of the molecule is O=C(O)C(F)(F)F.c1ccc(-c2csc(Nc3ccnc(Nc4ccc(N5CCOCC5)cc4)c3)n2)cc1. The molecule has 1 saturated heterocycles. The van der Waals surface area contributed by atoms with Crippen molar-refractivity contribution in [3.63, 3.8) is 0 Å². The monoisotopic (exact) mass is 543 g/mol. The van der Waals surface area contributed by atoms with Gasteiger partial charge < -0.3 is 25.4 Å². The zero-order chi connectivity index (χ0) is 27.0. The van der Waals surface area contributed by atoms with Crippen molar-refractivity contribution in [3.8, 4) is 11.3 Å². The van der Waals surface area contributed by atoms with Gasteiger partial charge in [0.1, 0.15) is 5.82 Å². The van der Waals surface area contributed by atoms with E-state index in [1.165, 1.54) is 5.69 Å². The van der Waals surface area contributed by atoms with Gasteiger partial charge in [0.2, 0.25) is 0 Å². The summed E-state index contributed by atoms with van der Waals surface area (Å²) in [5.41, 5.74) is 5.25. The predicted octanol–water partition coefficient (Wildman–Crippen LogP) is 6.16. The second-order valence-corrected chi connectivity index (χ2v) is 8.89. The lowest BCUT2D eigenvalue weighted by Crippen LogP contribution is -2.36. The quantitative estimate of drug-likeness (QED) is 0.266. The second kappa shape index (κ2) is 12.4. The summed E-state index contributed by atoms with van der Waals surface area (Å²) in [5, 5.41) is 16.8. The van der Waals surface area contributed by atoms with E-state index in [0.717, 1.165) is 59.9 Å². The number of benzene rings is 2. The van der Waals surface area contributed by atoms with Crippen LogP contribution in [0.3, 0.4) is 0 Å². The van der Waals surface area contributed by atoms with E-state index in [2.05, 4.69) is 62.3 Å². The summed E-state index contributed by atoms with van der Waals surface area (Å²) in [6, 6.07) is 22.6. The molecule has 3 heterocycles. The minimum atomic E-state index is -5.08. The zero-order valence-corrected chi connectivity index (χ0v) is 20.8. The number of hydrogen-bond acceptors (Lipinski definition) is 8. The Bertz CT molecular complexity index is 1330. The molecule has 1 aliphatic heterocycles. The lowest BCUT2D eigenvalue weighted by Gasteiger charge is -2.28. The van der Waals surface area contributed by atoms with Gasteiger partial charge in [0, 0.05) is 53.4 Å². The molecule has 5 rings (SSSR count). The average Bonchev–Trinajstić information content (AvgIpc) is 3.39. The number of rotatable bonds is 6. The molecule has 1 fully saturated rings. The van der Waals surface area contributed by atoms with Crippen LogP contribution in [0.25, 0.3) is 11.3 Å². The van der Waals surface area contributed by atoms with Crippen LogP contribution in [-0.2, 0) is 9.53 Å². The number of morpholine rings is 1. The Kier molecular flexibility index (Phi) is 8.77. The molecule has 0 bridgehead atoms. The first-order valence-corrected chi connectivity index (χ1v) is 12.4. The number of anilines is 5. The van der Waals surface area contributed by atoms with Gasteiger partial charge in [0.25, 0.3) is 0 Å². The summed E-state index contributed by atoms with van der Waals surface area (Å²) in [6.45, 7) is 3.45. The highest BCUT2D eigenvalue weighted by molar-refractivity contribution is 7.14. The third-order valence-corrected chi connectivity index (χ3v) is 6.10. The number of halogens is 3. The Morgan fingerprint density at radius 1 is 0.974 bits per heavy atom. The van der Waals surface area contributed by atoms with Crippen molar-refractivity contribution in [2.75, 3.05) is 41.8 Å². The molecule has 12 heteroatoms. The molecule has 0 amide bonds. The van der Waals surface area contributed by atoms with E-state index in [1.54, 1.807) is 17.5 Å². The fourth-order valence-electron chi connectivity index (χ4n) is 3.50. The number of carboxylic acids is 1. The maximum absolute atomic E-state index is 10.6. The summed E-state index contributed by atoms with van der Waals surface area (Å²) < 4.78 is 37.2. The number of thiazole rings is 1. The van der Waals surface area contributed by atoms with E-state index in [-0.39, 0.29) is 0 Å². The molecule has 4 aromatic rings. The second-order valence-electron chi connectivity index (χ2n) is 8.03. The van der Waals surface area contributed by atoms with Gasteiger partial charge in [-0.1, -0.05) is 30.3 Å². The normalized spacial score (nSPS) is 13.3. The predicted molar refractivity (Wildman–Crippen MR) is 142 cm³/mol. The fourth-order valence-corrected chi connectivity index (χ4v) is 4.24. The number of ether oxygens (including phenoxy) is 1. The van der Waals surface area contributed by atoms with E-state index >= 15 is 0 Å². The molecule has 1 aliphatic rings. The molecule has 0 aliphatic carbocycles. The molecule has 198 valence electrons. The van der Waals surface area contributed by atoms with Gasteiger partial charge in [0.05, 0.1) is 18.9 Å². The van der Waals surface area contributed by atoms with Crippen molar-refractivity contribution in [3.05, 3.63) is 78.3 Å². The Balaban J connectivity index is 0.000000426. The maximum atomic E-state index is 10.6. The largest absolute Gasteiger partial charge is 0.490 e. The molecule has 0 radical (unpaired) electrons. The van der Waals surface area contributed by atoms with Gasteiger partial charge in [-0.05, 0) is 30.3 Å². The van der Waals surface area contributed by atoms with Crippen molar-refractivity contribution < 1.29 is 27.8 Å². The van der Waals surface area contributed by atoms with Crippen LogP contribution in [0, 0.1) is 0 Å². The zero-order valence-electron chi connectivity index (χ0n) is 20.0. The number of alkyl halides is 3. The maximum Gasteiger partial charge on any atom is 0.490 e. The van der Waals surface area contributed by atoms with Crippen LogP contribution >= 0.6 is 11.3 Å². The van der Waals surface area contributed by atoms with Crippen molar-refractivity contribution in [1.82, 2.24) is 9.97 Å². The molecule has 0 saturated carbocycles. The highest BCUT2D eigenvalue weighted by Crippen LogP contribution is 2.28. The number of hydrogen-bond donors (Lipinski definition) is 3. The minimum Gasteiger partial charge on any atom is -0.475 e. The van der Waals surface area contributed by atoms with E-state index in [4.69, 9.17) is 19.6 Å². The Morgan fingerprint density at radius 3 is 2.32 bits per heavy atom. The van der Waals surface area contributed by atoms with E-state index in [0.29, 0.717) is 0 Å². The Morgan fingerprint density at radius 2 is 1.66 bits per heavy atom. The van der Waals surface area contributed by atoms with Crippen molar-refractivity contribution in [2.45, 2.75) is 6.18 Å². The first kappa shape index (κ1) is 26.9. The van der Waals surface area contributed by atoms with E-state index in [9.17, 15) is 13.2 Å². The summed E-state index contributed by atoms with van der Waals surface area (Å²) in [5.74, 6) is -1.98. The van der Waals surface area contributed by atoms with Crippen molar-refractivity contribution in [1.29, 1.82) is 0 Å². The van der Waals surface area contributed by atoms with Crippen LogP contribution in [0.1, 0.15) is 0 Å². The number of aliphatic carboxylic acids is 1. The highest BCUT2D eigenvalue weighted by atomic mass is 32.1. The number of aromatic nitrogens is 2. The Labute approximate surface area is 220 Å². The van der Waals surface area contributed by atoms with Crippen LogP contribution in [0.5, 0.6) is 0 Å². The first-order chi connectivity index (χ1) is 18.3. The molecule has 2 aromatic heterocycles. The standard InChI is InChI=1S/C24H23N5OS.C2HF3O2/c1-2-4-18(5-3-1)22-17-31-24(28-22)27-20-10-11-25-23(16-20)26-19-6-8-21(9-7-19)29-12-14-30-15-13-29;3-2(4,5)1(6)7/h1-11,16-17H,12-15H2,(H2,25,26,27,28);(H,6,7). The average molecular weight is 544 g/mol. The van der Waals surface area contributed by atoms with Gasteiger partial charge in [-0.2, -0.15) is 13.2 Å². The van der Waals surface area contributed by atoms with Gasteiger partial charge in [0.15, 0.2) is 5.13 Å². The molecule has 2 aromatic carbocycles. The number of nitrogens with zero attached hydrogens (tertiary/aromatic N) is 3. The van der Waals surface area contributed by atoms with E-state index in [1.807, 2.05) is 30.3 Å². The Hall–Kier alpha value is -4.16. The molecule has 38 heavy (non-hydrogen) atoms. The van der Waals surface area contributed by atoms with Crippen LogP contribution in [0.15, 0.2) is 78.3 Å². The molecule has 8 nitrogen and oxygen atoms in total. The van der Waals surface area contributed by atoms with E-state index < -0.39 is 12.1 Å². The number of carbonyl (C=O) groups is 1. The van der Waals surface area contributed by atoms with Gasteiger partial charge >= 0.3 is 12.1 Å². The molecule has 3 N–H and O–H groups in total. The molecular weight excluding hydrogens is 519 g/mol. The smallest absolute Gasteiger partial charge is 0.475 e. The molecule has 0 unspecified atom stereocenters. The summed E-state index contributed by atoms with van der Waals surface area (Å²) >= 11 is 1.59. The molecular formula is C26H24F3N5O3S. The van der Waals surface area contributed by atoms with Crippen molar-refractivity contribution in [2.24, 2.45) is 0 Å². The first-order valence-electron chi connectivity index (χ1n) is 11.5.